The van der Waals surface area contributed by atoms with Crippen LogP contribution in [0.4, 0.5) is 0 Å². The van der Waals surface area contributed by atoms with E-state index < -0.39 is 12.0 Å². The van der Waals surface area contributed by atoms with Gasteiger partial charge in [0.2, 0.25) is 0 Å². The number of methoxy groups -OCH3 is 1. The van der Waals surface area contributed by atoms with Gasteiger partial charge in [0, 0.05) is 17.1 Å². The lowest BCUT2D eigenvalue weighted by Gasteiger charge is -2.25. The fraction of sp³-hybridized carbons (Fsp3) is 0.303. The third kappa shape index (κ3) is 5.20. The normalized spacial score (nSPS) is 14.9. The summed E-state index contributed by atoms with van der Waals surface area (Å²) in [4.78, 5) is 32.6. The molecule has 0 aliphatic carbocycles. The number of thiazole rings is 1. The summed E-state index contributed by atoms with van der Waals surface area (Å²) in [5, 5.41) is 0. The van der Waals surface area contributed by atoms with Crippen LogP contribution in [0.15, 0.2) is 69.6 Å². The molecule has 1 atom stereocenters. The molecule has 2 aromatic heterocycles. The number of aryl methyl sites for hydroxylation is 2. The second-order valence-electron chi connectivity index (χ2n) is 10.1. The molecule has 3 heterocycles. The van der Waals surface area contributed by atoms with Crippen molar-refractivity contribution in [3.63, 3.8) is 0 Å². The number of ether oxygens (including phenoxy) is 3. The van der Waals surface area contributed by atoms with Gasteiger partial charge in [-0.1, -0.05) is 29.5 Å². The summed E-state index contributed by atoms with van der Waals surface area (Å²) in [6.07, 6.45) is 1.92. The van der Waals surface area contributed by atoms with Gasteiger partial charge >= 0.3 is 5.97 Å². The highest BCUT2D eigenvalue weighted by atomic mass is 32.1. The van der Waals surface area contributed by atoms with Crippen LogP contribution in [0.5, 0.6) is 11.5 Å². The van der Waals surface area contributed by atoms with E-state index >= 15 is 0 Å². The van der Waals surface area contributed by atoms with Gasteiger partial charge in [0.1, 0.15) is 0 Å². The van der Waals surface area contributed by atoms with Crippen molar-refractivity contribution in [1.82, 2.24) is 9.13 Å². The monoisotopic (exact) mass is 585 g/mol. The number of fused-ring (bicyclic) bond motifs is 1. The highest BCUT2D eigenvalue weighted by molar-refractivity contribution is 7.07. The predicted molar refractivity (Wildman–Crippen MR) is 165 cm³/mol. The van der Waals surface area contributed by atoms with Crippen LogP contribution in [0.3, 0.4) is 0 Å². The average molecular weight is 586 g/mol. The Morgan fingerprint density at radius 1 is 1.02 bits per heavy atom. The van der Waals surface area contributed by atoms with E-state index in [9.17, 15) is 9.59 Å². The fourth-order valence-corrected chi connectivity index (χ4v) is 6.52. The molecular formula is C33H35N3O5S. The van der Waals surface area contributed by atoms with E-state index in [1.165, 1.54) is 16.9 Å². The minimum absolute atomic E-state index is 0.204. The molecule has 1 aliphatic rings. The minimum atomic E-state index is -0.743. The van der Waals surface area contributed by atoms with Gasteiger partial charge in [-0.25, -0.2) is 9.79 Å². The lowest BCUT2D eigenvalue weighted by atomic mass is 9.95. The first-order valence-corrected chi connectivity index (χ1v) is 14.8. The molecule has 0 fully saturated rings. The molecule has 0 spiro atoms. The van der Waals surface area contributed by atoms with Crippen LogP contribution in [0.2, 0.25) is 0 Å². The molecular weight excluding hydrogens is 550 g/mol. The third-order valence-electron chi connectivity index (χ3n) is 7.34. The lowest BCUT2D eigenvalue weighted by Crippen LogP contribution is -2.40. The number of aromatic nitrogens is 2. The molecule has 218 valence electrons. The Hall–Kier alpha value is -4.37. The smallest absolute Gasteiger partial charge is 0.338 e. The van der Waals surface area contributed by atoms with Gasteiger partial charge in [0.15, 0.2) is 16.3 Å². The molecule has 0 bridgehead atoms. The highest BCUT2D eigenvalue weighted by Crippen LogP contribution is 2.36. The number of allylic oxidation sites excluding steroid dienone is 1. The molecule has 9 heteroatoms. The quantitative estimate of drug-likeness (QED) is 0.274. The van der Waals surface area contributed by atoms with Crippen LogP contribution in [0.1, 0.15) is 54.9 Å². The number of carbonyl (C=O) groups is 1. The Morgan fingerprint density at radius 3 is 2.50 bits per heavy atom. The molecule has 0 amide bonds. The maximum atomic E-state index is 14.1. The Kier molecular flexibility index (Phi) is 8.22. The molecule has 2 aromatic carbocycles. The van der Waals surface area contributed by atoms with Gasteiger partial charge in [-0.05, 0) is 94.6 Å². The summed E-state index contributed by atoms with van der Waals surface area (Å²) in [6.45, 7) is 12.2. The van der Waals surface area contributed by atoms with E-state index in [2.05, 4.69) is 49.6 Å². The van der Waals surface area contributed by atoms with Crippen molar-refractivity contribution in [3.05, 3.63) is 108 Å². The molecule has 1 aliphatic heterocycles. The molecule has 5 rings (SSSR count). The van der Waals surface area contributed by atoms with Crippen LogP contribution >= 0.6 is 11.3 Å². The average Bonchev–Trinajstić information content (AvgIpc) is 3.41. The molecule has 8 nitrogen and oxygen atoms in total. The Bertz CT molecular complexity index is 1890. The van der Waals surface area contributed by atoms with Gasteiger partial charge in [0.05, 0.1) is 42.2 Å². The first-order chi connectivity index (χ1) is 20.2. The summed E-state index contributed by atoms with van der Waals surface area (Å²) >= 11 is 1.31. The van der Waals surface area contributed by atoms with Crippen molar-refractivity contribution in [3.8, 4) is 17.2 Å². The maximum Gasteiger partial charge on any atom is 0.338 e. The number of carbonyl (C=O) groups excluding carboxylic acids is 1. The van der Waals surface area contributed by atoms with Gasteiger partial charge in [-0.3, -0.25) is 9.36 Å². The minimum Gasteiger partial charge on any atom is -0.493 e. The van der Waals surface area contributed by atoms with Crippen molar-refractivity contribution < 1.29 is 19.0 Å². The summed E-state index contributed by atoms with van der Waals surface area (Å²) in [5.74, 6) is 0.588. The second-order valence-corrected chi connectivity index (χ2v) is 11.2. The van der Waals surface area contributed by atoms with E-state index in [0.717, 1.165) is 22.6 Å². The molecule has 0 radical (unpaired) electrons. The summed E-state index contributed by atoms with van der Waals surface area (Å²) in [6, 6.07) is 15.1. The van der Waals surface area contributed by atoms with E-state index in [0.29, 0.717) is 44.3 Å². The van der Waals surface area contributed by atoms with Crippen LogP contribution in [0.25, 0.3) is 11.8 Å². The van der Waals surface area contributed by atoms with E-state index in [1.807, 2.05) is 31.2 Å². The molecule has 0 unspecified atom stereocenters. The van der Waals surface area contributed by atoms with Gasteiger partial charge in [-0.2, -0.15) is 0 Å². The summed E-state index contributed by atoms with van der Waals surface area (Å²) < 4.78 is 21.0. The first kappa shape index (κ1) is 29.1. The number of hydrogen-bond acceptors (Lipinski definition) is 7. The standard InChI is InChI=1S/C33H35N3O5S/c1-8-40-27-17-23(13-14-26(27)39-7)30-29(32(38)41-9-2)21(5)34-33-36(30)31(37)28(42-33)18-24-16-20(4)35(22(24)6)25-12-10-11-19(3)15-25/h10-18,30H,8-9H2,1-7H3/b28-18+/t30-/m0/s1. The number of nitrogens with zero attached hydrogens (tertiary/aromatic N) is 3. The van der Waals surface area contributed by atoms with Gasteiger partial charge < -0.3 is 18.8 Å². The number of hydrogen-bond donors (Lipinski definition) is 0. The summed E-state index contributed by atoms with van der Waals surface area (Å²) in [7, 11) is 1.57. The van der Waals surface area contributed by atoms with E-state index in [4.69, 9.17) is 19.2 Å². The molecule has 0 saturated heterocycles. The Morgan fingerprint density at radius 2 is 1.81 bits per heavy atom. The number of benzene rings is 2. The van der Waals surface area contributed by atoms with Crippen molar-refractivity contribution in [2.75, 3.05) is 20.3 Å². The second kappa shape index (κ2) is 11.9. The fourth-order valence-electron chi connectivity index (χ4n) is 5.48. The van der Waals surface area contributed by atoms with Crippen molar-refractivity contribution in [1.29, 1.82) is 0 Å². The topological polar surface area (TPSA) is 84.1 Å². The molecule has 4 aromatic rings. The van der Waals surface area contributed by atoms with Crippen LogP contribution in [0, 0.1) is 20.8 Å². The number of rotatable bonds is 8. The zero-order valence-electron chi connectivity index (χ0n) is 25.0. The third-order valence-corrected chi connectivity index (χ3v) is 8.32. The van der Waals surface area contributed by atoms with Crippen molar-refractivity contribution in [2.45, 2.75) is 47.6 Å². The van der Waals surface area contributed by atoms with Crippen LogP contribution < -0.4 is 24.4 Å². The van der Waals surface area contributed by atoms with Crippen molar-refractivity contribution >= 4 is 23.4 Å². The Labute approximate surface area is 248 Å². The lowest BCUT2D eigenvalue weighted by molar-refractivity contribution is -0.139. The van der Waals surface area contributed by atoms with Crippen LogP contribution in [-0.2, 0) is 9.53 Å². The van der Waals surface area contributed by atoms with E-state index in [1.54, 1.807) is 31.6 Å². The van der Waals surface area contributed by atoms with E-state index in [-0.39, 0.29) is 12.2 Å². The first-order valence-electron chi connectivity index (χ1n) is 13.9. The maximum absolute atomic E-state index is 14.1. The zero-order chi connectivity index (χ0) is 30.1. The summed E-state index contributed by atoms with van der Waals surface area (Å²) in [5.41, 5.74) is 6.59. The number of esters is 1. The zero-order valence-corrected chi connectivity index (χ0v) is 25.8. The Balaban J connectivity index is 1.71. The SMILES string of the molecule is CCOC(=O)C1=C(C)N=c2s/c(=C/c3cc(C)n(-c4cccc(C)c4)c3C)c(=O)n2[C@H]1c1ccc(OC)c(OCC)c1. The predicted octanol–water partition coefficient (Wildman–Crippen LogP) is 4.92. The highest BCUT2D eigenvalue weighted by Gasteiger charge is 2.34. The molecule has 0 saturated carbocycles. The largest absolute Gasteiger partial charge is 0.493 e. The molecule has 42 heavy (non-hydrogen) atoms. The molecule has 0 N–H and O–H groups in total. The van der Waals surface area contributed by atoms with Crippen molar-refractivity contribution in [2.24, 2.45) is 4.99 Å². The van der Waals surface area contributed by atoms with Gasteiger partial charge in [-0.15, -0.1) is 0 Å². The van der Waals surface area contributed by atoms with Crippen LogP contribution in [-0.4, -0.2) is 35.4 Å². The van der Waals surface area contributed by atoms with Gasteiger partial charge in [0.25, 0.3) is 5.56 Å².